The highest BCUT2D eigenvalue weighted by atomic mass is 16.5. The van der Waals surface area contributed by atoms with Gasteiger partial charge < -0.3 is 9.84 Å². The van der Waals surface area contributed by atoms with Crippen LogP contribution in [0.5, 0.6) is 5.75 Å². The van der Waals surface area contributed by atoms with Crippen molar-refractivity contribution in [3.8, 4) is 5.75 Å². The molecule has 1 aromatic heterocycles. The SMILES string of the molecule is Cc1ccc(OC(C(=O)O)C2CC2)cn1. The van der Waals surface area contributed by atoms with Crippen LogP contribution in [0, 0.1) is 12.8 Å². The quantitative estimate of drug-likeness (QED) is 0.815. The van der Waals surface area contributed by atoms with Crippen LogP contribution < -0.4 is 4.74 Å². The fourth-order valence-corrected chi connectivity index (χ4v) is 1.42. The van der Waals surface area contributed by atoms with Crippen LogP contribution in [0.3, 0.4) is 0 Å². The molecule has 1 aliphatic carbocycles. The number of hydrogen-bond acceptors (Lipinski definition) is 3. The van der Waals surface area contributed by atoms with E-state index in [1.54, 1.807) is 18.3 Å². The Labute approximate surface area is 87.9 Å². The van der Waals surface area contributed by atoms with Crippen LogP contribution in [-0.4, -0.2) is 22.2 Å². The van der Waals surface area contributed by atoms with Crippen LogP contribution in [0.2, 0.25) is 0 Å². The van der Waals surface area contributed by atoms with Gasteiger partial charge in [-0.1, -0.05) is 0 Å². The highest BCUT2D eigenvalue weighted by Crippen LogP contribution is 2.34. The second-order valence-corrected chi connectivity index (χ2v) is 3.85. The minimum absolute atomic E-state index is 0.170. The molecule has 1 heterocycles. The number of carboxylic acid groups (broad SMARTS) is 1. The van der Waals surface area contributed by atoms with Crippen molar-refractivity contribution in [1.29, 1.82) is 0 Å². The lowest BCUT2D eigenvalue weighted by atomic mass is 10.2. The van der Waals surface area contributed by atoms with Gasteiger partial charge in [-0.25, -0.2) is 4.79 Å². The van der Waals surface area contributed by atoms with E-state index in [0.29, 0.717) is 5.75 Å². The van der Waals surface area contributed by atoms with E-state index in [1.165, 1.54) is 0 Å². The first kappa shape index (κ1) is 9.96. The van der Waals surface area contributed by atoms with Gasteiger partial charge in [0.2, 0.25) is 0 Å². The molecule has 0 aliphatic heterocycles. The zero-order valence-corrected chi connectivity index (χ0v) is 8.51. The Hall–Kier alpha value is -1.58. The summed E-state index contributed by atoms with van der Waals surface area (Å²) in [5, 5.41) is 8.95. The Balaban J connectivity index is 2.05. The molecule has 2 rings (SSSR count). The van der Waals surface area contributed by atoms with Gasteiger partial charge in [-0.15, -0.1) is 0 Å². The van der Waals surface area contributed by atoms with Crippen LogP contribution in [0.15, 0.2) is 18.3 Å². The van der Waals surface area contributed by atoms with Crippen LogP contribution >= 0.6 is 0 Å². The molecule has 1 atom stereocenters. The number of rotatable bonds is 4. The summed E-state index contributed by atoms with van der Waals surface area (Å²) in [6.45, 7) is 1.87. The molecule has 1 saturated carbocycles. The van der Waals surface area contributed by atoms with Gasteiger partial charge in [0.05, 0.1) is 6.20 Å². The lowest BCUT2D eigenvalue weighted by Crippen LogP contribution is -2.29. The summed E-state index contributed by atoms with van der Waals surface area (Å²) in [6, 6.07) is 3.56. The van der Waals surface area contributed by atoms with Crippen molar-refractivity contribution >= 4 is 5.97 Å². The normalized spacial score (nSPS) is 17.1. The highest BCUT2D eigenvalue weighted by Gasteiger charge is 2.38. The first-order chi connectivity index (χ1) is 7.16. The van der Waals surface area contributed by atoms with E-state index in [1.807, 2.05) is 6.92 Å². The number of carbonyl (C=O) groups is 1. The Morgan fingerprint density at radius 3 is 2.80 bits per heavy atom. The Morgan fingerprint density at radius 1 is 1.60 bits per heavy atom. The molecule has 0 radical (unpaired) electrons. The molecule has 1 aromatic rings. The highest BCUT2D eigenvalue weighted by molar-refractivity contribution is 5.73. The van der Waals surface area contributed by atoms with Crippen molar-refractivity contribution in [3.63, 3.8) is 0 Å². The van der Waals surface area contributed by atoms with E-state index in [2.05, 4.69) is 4.98 Å². The standard InChI is InChI=1S/C11H13NO3/c1-7-2-5-9(6-12-7)15-10(11(13)14)8-3-4-8/h2,5-6,8,10H,3-4H2,1H3,(H,13,14). The van der Waals surface area contributed by atoms with Gasteiger partial charge in [0.25, 0.3) is 0 Å². The van der Waals surface area contributed by atoms with Gasteiger partial charge >= 0.3 is 5.97 Å². The van der Waals surface area contributed by atoms with E-state index in [4.69, 9.17) is 9.84 Å². The van der Waals surface area contributed by atoms with Crippen molar-refractivity contribution in [2.24, 2.45) is 5.92 Å². The Kier molecular flexibility index (Phi) is 2.58. The molecule has 80 valence electrons. The van der Waals surface area contributed by atoms with Crippen LogP contribution in [0.25, 0.3) is 0 Å². The maximum absolute atomic E-state index is 10.9. The van der Waals surface area contributed by atoms with Gasteiger partial charge in [0.1, 0.15) is 5.75 Å². The monoisotopic (exact) mass is 207 g/mol. The van der Waals surface area contributed by atoms with E-state index in [9.17, 15) is 4.79 Å². The number of aromatic nitrogens is 1. The summed E-state index contributed by atoms with van der Waals surface area (Å²) < 4.78 is 5.39. The fraction of sp³-hybridized carbons (Fsp3) is 0.455. The summed E-state index contributed by atoms with van der Waals surface area (Å²) in [4.78, 5) is 15.0. The molecule has 15 heavy (non-hydrogen) atoms. The lowest BCUT2D eigenvalue weighted by molar-refractivity contribution is -0.146. The smallest absolute Gasteiger partial charge is 0.345 e. The molecule has 1 aliphatic rings. The predicted octanol–water partition coefficient (Wildman–Crippen LogP) is 1.63. The van der Waals surface area contributed by atoms with Gasteiger partial charge in [0.15, 0.2) is 6.10 Å². The van der Waals surface area contributed by atoms with Crippen LogP contribution in [0.1, 0.15) is 18.5 Å². The Morgan fingerprint density at radius 2 is 2.33 bits per heavy atom. The zero-order valence-electron chi connectivity index (χ0n) is 8.51. The van der Waals surface area contributed by atoms with E-state index in [-0.39, 0.29) is 5.92 Å². The topological polar surface area (TPSA) is 59.4 Å². The van der Waals surface area contributed by atoms with E-state index in [0.717, 1.165) is 18.5 Å². The van der Waals surface area contributed by atoms with Crippen molar-refractivity contribution < 1.29 is 14.6 Å². The minimum Gasteiger partial charge on any atom is -0.478 e. The van der Waals surface area contributed by atoms with Crippen molar-refractivity contribution in [1.82, 2.24) is 4.98 Å². The number of hydrogen-bond donors (Lipinski definition) is 1. The largest absolute Gasteiger partial charge is 0.478 e. The Bertz CT molecular complexity index is 357. The van der Waals surface area contributed by atoms with E-state index < -0.39 is 12.1 Å². The summed E-state index contributed by atoms with van der Waals surface area (Å²) >= 11 is 0. The molecular weight excluding hydrogens is 194 g/mol. The zero-order chi connectivity index (χ0) is 10.8. The van der Waals surface area contributed by atoms with E-state index >= 15 is 0 Å². The summed E-state index contributed by atoms with van der Waals surface area (Å²) in [6.07, 6.45) is 2.73. The van der Waals surface area contributed by atoms with Crippen LogP contribution in [-0.2, 0) is 4.79 Å². The van der Waals surface area contributed by atoms with Crippen LogP contribution in [0.4, 0.5) is 0 Å². The number of aryl methyl sites for hydroxylation is 1. The van der Waals surface area contributed by atoms with Gasteiger partial charge in [-0.3, -0.25) is 4.98 Å². The molecule has 0 amide bonds. The lowest BCUT2D eigenvalue weighted by Gasteiger charge is -2.13. The van der Waals surface area contributed by atoms with Crippen molar-refractivity contribution in [2.45, 2.75) is 25.9 Å². The van der Waals surface area contributed by atoms with Crippen molar-refractivity contribution in [2.75, 3.05) is 0 Å². The minimum atomic E-state index is -0.891. The molecule has 1 unspecified atom stereocenters. The molecular formula is C11H13NO3. The number of nitrogens with zero attached hydrogens (tertiary/aromatic N) is 1. The summed E-state index contributed by atoms with van der Waals surface area (Å²) in [5.41, 5.74) is 0.889. The number of ether oxygens (including phenoxy) is 1. The molecule has 1 fully saturated rings. The van der Waals surface area contributed by atoms with Gasteiger partial charge in [-0.05, 0) is 31.9 Å². The number of pyridine rings is 1. The second kappa shape index (κ2) is 3.88. The van der Waals surface area contributed by atoms with Gasteiger partial charge in [-0.2, -0.15) is 0 Å². The first-order valence-corrected chi connectivity index (χ1v) is 4.99. The third-order valence-electron chi connectivity index (χ3n) is 2.44. The maximum atomic E-state index is 10.9. The average Bonchev–Trinajstić information content (AvgIpc) is 3.00. The molecule has 4 nitrogen and oxygen atoms in total. The first-order valence-electron chi connectivity index (χ1n) is 4.99. The summed E-state index contributed by atoms with van der Waals surface area (Å²) in [5.74, 6) is -0.193. The maximum Gasteiger partial charge on any atom is 0.345 e. The number of aliphatic carboxylic acids is 1. The molecule has 1 N–H and O–H groups in total. The fourth-order valence-electron chi connectivity index (χ4n) is 1.42. The average molecular weight is 207 g/mol. The molecule has 0 aromatic carbocycles. The molecule has 4 heteroatoms. The molecule has 0 saturated heterocycles. The third kappa shape index (κ3) is 2.46. The van der Waals surface area contributed by atoms with Crippen molar-refractivity contribution in [3.05, 3.63) is 24.0 Å². The summed E-state index contributed by atoms with van der Waals surface area (Å²) in [7, 11) is 0. The van der Waals surface area contributed by atoms with Gasteiger partial charge in [0, 0.05) is 11.6 Å². The molecule has 0 bridgehead atoms. The number of carboxylic acids is 1. The predicted molar refractivity (Wildman–Crippen MR) is 53.7 cm³/mol. The molecule has 0 spiro atoms. The third-order valence-corrected chi connectivity index (χ3v) is 2.44. The second-order valence-electron chi connectivity index (χ2n) is 3.85.